The van der Waals surface area contributed by atoms with Crippen molar-refractivity contribution in [2.24, 2.45) is 10.7 Å². The molecule has 2 aromatic carbocycles. The highest BCUT2D eigenvalue weighted by atomic mass is 127. The summed E-state index contributed by atoms with van der Waals surface area (Å²) in [5, 5.41) is 3.20. The zero-order valence-corrected chi connectivity index (χ0v) is 17.0. The van der Waals surface area contributed by atoms with E-state index in [2.05, 4.69) is 40.6 Å². The third-order valence-corrected chi connectivity index (χ3v) is 4.41. The quantitative estimate of drug-likeness (QED) is 0.300. The van der Waals surface area contributed by atoms with Gasteiger partial charge in [-0.15, -0.1) is 24.0 Å². The Kier molecular flexibility index (Phi) is 7.55. The van der Waals surface area contributed by atoms with Crippen molar-refractivity contribution in [2.75, 3.05) is 19.0 Å². The summed E-state index contributed by atoms with van der Waals surface area (Å²) in [6.07, 6.45) is 5.55. The molecule has 0 spiro atoms. The molecule has 134 valence electrons. The van der Waals surface area contributed by atoms with Gasteiger partial charge in [-0.3, -0.25) is 4.99 Å². The number of aryl methyl sites for hydroxylation is 3. The molecule has 1 aliphatic rings. The van der Waals surface area contributed by atoms with Crippen molar-refractivity contribution >= 4 is 35.6 Å². The summed E-state index contributed by atoms with van der Waals surface area (Å²) < 4.78 is 5.24. The molecule has 4 nitrogen and oxygen atoms in total. The summed E-state index contributed by atoms with van der Waals surface area (Å²) in [5.41, 5.74) is 11.2. The number of guanidine groups is 1. The Labute approximate surface area is 166 Å². The first kappa shape index (κ1) is 19.6. The maximum absolute atomic E-state index is 5.99. The molecule has 0 aliphatic heterocycles. The Hall–Kier alpha value is -1.76. The van der Waals surface area contributed by atoms with Crippen LogP contribution in [0.3, 0.4) is 0 Å². The maximum Gasteiger partial charge on any atom is 0.193 e. The monoisotopic (exact) mass is 451 g/mol. The number of hydrogen-bond acceptors (Lipinski definition) is 2. The minimum absolute atomic E-state index is 0. The molecule has 25 heavy (non-hydrogen) atoms. The number of fused-ring (bicyclic) bond motifs is 1. The maximum atomic E-state index is 5.99. The highest BCUT2D eigenvalue weighted by molar-refractivity contribution is 14.0. The fourth-order valence-corrected chi connectivity index (χ4v) is 3.15. The number of rotatable bonds is 6. The predicted octanol–water partition coefficient (Wildman–Crippen LogP) is 4.16. The Morgan fingerprint density at radius 1 is 1.16 bits per heavy atom. The van der Waals surface area contributed by atoms with Crippen molar-refractivity contribution < 1.29 is 4.74 Å². The van der Waals surface area contributed by atoms with E-state index >= 15 is 0 Å². The second-order valence-corrected chi connectivity index (χ2v) is 6.18. The number of hydrogen-bond donors (Lipinski definition) is 2. The third kappa shape index (κ3) is 5.63. The molecule has 2 aromatic rings. The fourth-order valence-electron chi connectivity index (χ4n) is 3.15. The molecule has 1 aliphatic carbocycles. The average molecular weight is 451 g/mol. The van der Waals surface area contributed by atoms with E-state index in [4.69, 9.17) is 10.5 Å². The van der Waals surface area contributed by atoms with Gasteiger partial charge in [0.15, 0.2) is 5.96 Å². The molecule has 0 aromatic heterocycles. The van der Waals surface area contributed by atoms with Crippen LogP contribution in [0.5, 0.6) is 5.75 Å². The zero-order valence-electron chi connectivity index (χ0n) is 14.6. The van der Waals surface area contributed by atoms with Crippen LogP contribution >= 0.6 is 24.0 Å². The summed E-state index contributed by atoms with van der Waals surface area (Å²) in [4.78, 5) is 4.42. The summed E-state index contributed by atoms with van der Waals surface area (Å²) in [7, 11) is 1.69. The van der Waals surface area contributed by atoms with Gasteiger partial charge in [0, 0.05) is 12.2 Å². The van der Waals surface area contributed by atoms with Gasteiger partial charge >= 0.3 is 0 Å². The van der Waals surface area contributed by atoms with Crippen LogP contribution in [-0.2, 0) is 19.3 Å². The predicted molar refractivity (Wildman–Crippen MR) is 115 cm³/mol. The van der Waals surface area contributed by atoms with Crippen LogP contribution in [0.25, 0.3) is 0 Å². The number of nitrogens with zero attached hydrogens (tertiary/aromatic N) is 1. The standard InChI is InChI=1S/C20H25N3O.HI/c1-24-19-9-2-5-15(13-19)6-4-12-22-20(21)23-18-11-10-16-7-3-8-17(16)14-18;/h2,5,9-11,13-14H,3-4,6-8,12H2,1H3,(H3,21,22,23);1H. The Bertz CT molecular complexity index is 731. The van der Waals surface area contributed by atoms with Gasteiger partial charge in [-0.05, 0) is 73.1 Å². The summed E-state index contributed by atoms with van der Waals surface area (Å²) in [6, 6.07) is 14.6. The van der Waals surface area contributed by atoms with Crippen LogP contribution in [-0.4, -0.2) is 19.6 Å². The molecule has 5 heteroatoms. The van der Waals surface area contributed by atoms with E-state index in [1.54, 1.807) is 7.11 Å². The largest absolute Gasteiger partial charge is 0.497 e. The summed E-state index contributed by atoms with van der Waals surface area (Å²) in [6.45, 7) is 0.709. The van der Waals surface area contributed by atoms with Gasteiger partial charge in [0.2, 0.25) is 0 Å². The molecule has 0 amide bonds. The van der Waals surface area contributed by atoms with Gasteiger partial charge in [-0.25, -0.2) is 0 Å². The van der Waals surface area contributed by atoms with Crippen molar-refractivity contribution in [1.82, 2.24) is 0 Å². The topological polar surface area (TPSA) is 59.6 Å². The van der Waals surface area contributed by atoms with Crippen molar-refractivity contribution in [1.29, 1.82) is 0 Å². The molecule has 0 bridgehead atoms. The third-order valence-electron chi connectivity index (χ3n) is 4.41. The van der Waals surface area contributed by atoms with Gasteiger partial charge in [0.25, 0.3) is 0 Å². The van der Waals surface area contributed by atoms with Crippen LogP contribution in [0.1, 0.15) is 29.5 Å². The lowest BCUT2D eigenvalue weighted by Crippen LogP contribution is -2.23. The van der Waals surface area contributed by atoms with E-state index < -0.39 is 0 Å². The molecule has 3 N–H and O–H groups in total. The van der Waals surface area contributed by atoms with Gasteiger partial charge < -0.3 is 15.8 Å². The molecule has 0 saturated carbocycles. The van der Waals surface area contributed by atoms with Crippen LogP contribution in [0, 0.1) is 0 Å². The van der Waals surface area contributed by atoms with Gasteiger partial charge in [0.1, 0.15) is 5.75 Å². The summed E-state index contributed by atoms with van der Waals surface area (Å²) >= 11 is 0. The minimum atomic E-state index is 0. The van der Waals surface area contributed by atoms with Crippen molar-refractivity contribution in [2.45, 2.75) is 32.1 Å². The molecule has 0 atom stereocenters. The zero-order chi connectivity index (χ0) is 16.8. The molecule has 0 radical (unpaired) electrons. The van der Waals surface area contributed by atoms with E-state index in [9.17, 15) is 0 Å². The highest BCUT2D eigenvalue weighted by Gasteiger charge is 2.10. The number of nitrogens with one attached hydrogen (secondary N) is 1. The van der Waals surface area contributed by atoms with Crippen LogP contribution < -0.4 is 15.8 Å². The van der Waals surface area contributed by atoms with E-state index in [0.29, 0.717) is 12.5 Å². The first-order valence-electron chi connectivity index (χ1n) is 8.56. The molecular formula is C20H26IN3O. The number of halogens is 1. The van der Waals surface area contributed by atoms with Crippen molar-refractivity contribution in [3.63, 3.8) is 0 Å². The van der Waals surface area contributed by atoms with E-state index in [1.165, 1.54) is 36.0 Å². The number of nitrogens with two attached hydrogens (primary N) is 1. The Morgan fingerprint density at radius 3 is 2.84 bits per heavy atom. The number of aliphatic imine (C=N–C) groups is 1. The molecule has 0 fully saturated rings. The number of ether oxygens (including phenoxy) is 1. The first-order valence-corrected chi connectivity index (χ1v) is 8.56. The Morgan fingerprint density at radius 2 is 2.00 bits per heavy atom. The first-order chi connectivity index (χ1) is 11.7. The minimum Gasteiger partial charge on any atom is -0.497 e. The normalized spacial score (nSPS) is 13.1. The molecule has 3 rings (SSSR count). The number of benzene rings is 2. The lowest BCUT2D eigenvalue weighted by atomic mass is 10.1. The van der Waals surface area contributed by atoms with Crippen molar-refractivity contribution in [3.8, 4) is 5.75 Å². The molecular weight excluding hydrogens is 425 g/mol. The molecule has 0 unspecified atom stereocenters. The molecule has 0 saturated heterocycles. The fraction of sp³-hybridized carbons (Fsp3) is 0.350. The van der Waals surface area contributed by atoms with E-state index in [0.717, 1.165) is 24.3 Å². The second kappa shape index (κ2) is 9.65. The van der Waals surface area contributed by atoms with E-state index in [1.807, 2.05) is 12.1 Å². The van der Waals surface area contributed by atoms with Gasteiger partial charge in [0.05, 0.1) is 7.11 Å². The van der Waals surface area contributed by atoms with Gasteiger partial charge in [-0.2, -0.15) is 0 Å². The highest BCUT2D eigenvalue weighted by Crippen LogP contribution is 2.24. The average Bonchev–Trinajstić information content (AvgIpc) is 3.06. The Balaban J connectivity index is 0.00000225. The molecule has 0 heterocycles. The van der Waals surface area contributed by atoms with Gasteiger partial charge in [-0.1, -0.05) is 18.2 Å². The van der Waals surface area contributed by atoms with Crippen LogP contribution in [0.4, 0.5) is 5.69 Å². The SMILES string of the molecule is COc1cccc(CCCN=C(N)Nc2ccc3c(c2)CCC3)c1.I. The van der Waals surface area contributed by atoms with Crippen molar-refractivity contribution in [3.05, 3.63) is 59.2 Å². The lowest BCUT2D eigenvalue weighted by Gasteiger charge is -2.08. The number of methoxy groups -OCH3 is 1. The lowest BCUT2D eigenvalue weighted by molar-refractivity contribution is 0.414. The summed E-state index contributed by atoms with van der Waals surface area (Å²) in [5.74, 6) is 1.38. The number of anilines is 1. The van der Waals surface area contributed by atoms with Crippen LogP contribution in [0.15, 0.2) is 47.5 Å². The smallest absolute Gasteiger partial charge is 0.193 e. The second-order valence-electron chi connectivity index (χ2n) is 6.18. The van der Waals surface area contributed by atoms with Crippen LogP contribution in [0.2, 0.25) is 0 Å². The van der Waals surface area contributed by atoms with E-state index in [-0.39, 0.29) is 24.0 Å².